The van der Waals surface area contributed by atoms with Crippen LogP contribution in [-0.2, 0) is 4.79 Å². The summed E-state index contributed by atoms with van der Waals surface area (Å²) in [4.78, 5) is 36.1. The molecular formula is C22H14Cl2N4O5. The van der Waals surface area contributed by atoms with Crippen molar-refractivity contribution in [2.45, 2.75) is 6.17 Å². The van der Waals surface area contributed by atoms with Gasteiger partial charge in [-0.2, -0.15) is 0 Å². The molecule has 0 aromatic heterocycles. The molecule has 9 nitrogen and oxygen atoms in total. The molecular weight excluding hydrogens is 471 g/mol. The van der Waals surface area contributed by atoms with Gasteiger partial charge in [-0.1, -0.05) is 65.7 Å². The molecule has 1 amide bonds. The van der Waals surface area contributed by atoms with E-state index in [1.165, 1.54) is 29.2 Å². The minimum atomic E-state index is -0.760. The summed E-state index contributed by atoms with van der Waals surface area (Å²) in [7, 11) is 0. The number of benzene rings is 3. The molecule has 11 heteroatoms. The summed E-state index contributed by atoms with van der Waals surface area (Å²) >= 11 is 12.7. The van der Waals surface area contributed by atoms with Crippen molar-refractivity contribution in [2.75, 3.05) is 4.90 Å². The molecule has 1 aliphatic heterocycles. The minimum absolute atomic E-state index is 0.0728. The highest BCUT2D eigenvalue weighted by Gasteiger charge is 2.39. The van der Waals surface area contributed by atoms with Gasteiger partial charge in [0.25, 0.3) is 17.3 Å². The summed E-state index contributed by atoms with van der Waals surface area (Å²) in [6.45, 7) is 0. The van der Waals surface area contributed by atoms with Gasteiger partial charge in [0.2, 0.25) is 0 Å². The van der Waals surface area contributed by atoms with Crippen LogP contribution in [0.4, 0.5) is 17.1 Å². The Morgan fingerprint density at radius 3 is 2.12 bits per heavy atom. The predicted molar refractivity (Wildman–Crippen MR) is 124 cm³/mol. The molecule has 3 aromatic carbocycles. The highest BCUT2D eigenvalue weighted by molar-refractivity contribution is 6.40. The van der Waals surface area contributed by atoms with E-state index in [-0.39, 0.29) is 38.4 Å². The van der Waals surface area contributed by atoms with Gasteiger partial charge in [-0.25, -0.2) is 0 Å². The number of rotatable bonds is 5. The number of carbonyl (C=O) groups is 1. The molecule has 1 N–H and O–H groups in total. The van der Waals surface area contributed by atoms with Gasteiger partial charge < -0.3 is 5.32 Å². The first-order valence-electron chi connectivity index (χ1n) is 9.51. The zero-order valence-electron chi connectivity index (χ0n) is 16.6. The topological polar surface area (TPSA) is 119 Å². The lowest BCUT2D eigenvalue weighted by atomic mass is 10.1. The fourth-order valence-corrected chi connectivity index (χ4v) is 4.20. The van der Waals surface area contributed by atoms with E-state index in [0.717, 1.165) is 12.1 Å². The first kappa shape index (κ1) is 22.3. The number of nitrogens with zero attached hydrogens (tertiary/aromatic N) is 3. The number of amides is 1. The molecule has 0 spiro atoms. The lowest BCUT2D eigenvalue weighted by Gasteiger charge is -2.25. The quantitative estimate of drug-likeness (QED) is 0.290. The molecule has 0 aliphatic carbocycles. The molecule has 1 saturated heterocycles. The molecule has 0 bridgehead atoms. The first-order chi connectivity index (χ1) is 15.8. The van der Waals surface area contributed by atoms with Gasteiger partial charge in [-0.15, -0.1) is 0 Å². The van der Waals surface area contributed by atoms with Crippen molar-refractivity contribution in [1.29, 1.82) is 0 Å². The Balaban J connectivity index is 1.86. The summed E-state index contributed by atoms with van der Waals surface area (Å²) in [5.41, 5.74) is 0.584. The van der Waals surface area contributed by atoms with Crippen LogP contribution in [0.1, 0.15) is 17.3 Å². The van der Waals surface area contributed by atoms with Crippen molar-refractivity contribution in [3.63, 3.8) is 0 Å². The average Bonchev–Trinajstić information content (AvgIpc) is 3.10. The monoisotopic (exact) mass is 484 g/mol. The van der Waals surface area contributed by atoms with Crippen LogP contribution in [0.2, 0.25) is 10.0 Å². The van der Waals surface area contributed by atoms with E-state index < -0.39 is 21.9 Å². The molecule has 1 atom stereocenters. The Morgan fingerprint density at radius 2 is 1.52 bits per heavy atom. The van der Waals surface area contributed by atoms with Gasteiger partial charge in [-0.05, 0) is 17.7 Å². The lowest BCUT2D eigenvalue weighted by molar-refractivity contribution is -0.385. The molecule has 1 aliphatic rings. The summed E-state index contributed by atoms with van der Waals surface area (Å²) in [5, 5.41) is 25.5. The number of nitro groups is 2. The Bertz CT molecular complexity index is 1290. The molecule has 3 aromatic rings. The molecule has 33 heavy (non-hydrogen) atoms. The van der Waals surface area contributed by atoms with Crippen LogP contribution in [0.25, 0.3) is 6.08 Å². The summed E-state index contributed by atoms with van der Waals surface area (Å²) in [5.74, 6) is -0.556. The third kappa shape index (κ3) is 4.23. The first-order valence-corrected chi connectivity index (χ1v) is 10.3. The number of nitro benzene ring substituents is 2. The summed E-state index contributed by atoms with van der Waals surface area (Å²) in [6.07, 6.45) is 0.619. The Hall–Kier alpha value is -3.95. The van der Waals surface area contributed by atoms with Gasteiger partial charge in [0.05, 0.1) is 31.1 Å². The number of halogens is 2. The van der Waals surface area contributed by atoms with Crippen molar-refractivity contribution in [1.82, 2.24) is 5.32 Å². The zero-order chi connectivity index (χ0) is 23.7. The molecule has 0 unspecified atom stereocenters. The van der Waals surface area contributed by atoms with Gasteiger partial charge in [0.1, 0.15) is 11.9 Å². The third-order valence-electron chi connectivity index (χ3n) is 5.00. The van der Waals surface area contributed by atoms with Gasteiger partial charge in [-0.3, -0.25) is 29.9 Å². The number of para-hydroxylation sites is 1. The van der Waals surface area contributed by atoms with E-state index in [1.807, 2.05) is 0 Å². The largest absolute Gasteiger partial charge is 0.357 e. The van der Waals surface area contributed by atoms with Gasteiger partial charge >= 0.3 is 0 Å². The van der Waals surface area contributed by atoms with Crippen LogP contribution in [-0.4, -0.2) is 15.8 Å². The SMILES string of the molecule is O=C1/C(=C/c2ccccc2[N+](=O)[O-])N[C@H](c2ccccc2)N1c1c(Cl)cc([N+](=O)[O-])cc1Cl. The Labute approximate surface area is 197 Å². The van der Waals surface area contributed by atoms with E-state index in [1.54, 1.807) is 36.4 Å². The minimum Gasteiger partial charge on any atom is -0.357 e. The van der Waals surface area contributed by atoms with E-state index >= 15 is 0 Å². The summed E-state index contributed by atoms with van der Waals surface area (Å²) < 4.78 is 0. The molecule has 166 valence electrons. The standard InChI is InChI=1S/C22H14Cl2N4O5/c23-16-11-15(27(30)31)12-17(24)20(16)26-21(13-6-2-1-3-7-13)25-18(22(26)29)10-14-8-4-5-9-19(14)28(32)33/h1-12,21,25H/b18-10-/t21-/m0/s1. The lowest BCUT2D eigenvalue weighted by Crippen LogP contribution is -2.30. The number of carbonyl (C=O) groups excluding carboxylic acids is 1. The van der Waals surface area contributed by atoms with Crippen molar-refractivity contribution in [3.05, 3.63) is 114 Å². The van der Waals surface area contributed by atoms with Crippen LogP contribution in [0, 0.1) is 20.2 Å². The fourth-order valence-electron chi connectivity index (χ4n) is 3.54. The average molecular weight is 485 g/mol. The van der Waals surface area contributed by atoms with E-state index in [9.17, 15) is 25.0 Å². The van der Waals surface area contributed by atoms with Crippen LogP contribution >= 0.6 is 23.2 Å². The summed E-state index contributed by atoms with van der Waals surface area (Å²) in [6, 6.07) is 17.1. The number of non-ortho nitro benzene ring substituents is 1. The Morgan fingerprint density at radius 1 is 0.909 bits per heavy atom. The molecule has 1 heterocycles. The second-order valence-corrected chi connectivity index (χ2v) is 7.84. The predicted octanol–water partition coefficient (Wildman–Crippen LogP) is 5.49. The molecule has 0 radical (unpaired) electrons. The van der Waals surface area contributed by atoms with E-state index in [4.69, 9.17) is 23.2 Å². The fraction of sp³-hybridized carbons (Fsp3) is 0.0455. The van der Waals surface area contributed by atoms with Crippen LogP contribution in [0.5, 0.6) is 0 Å². The van der Waals surface area contributed by atoms with Crippen molar-refractivity contribution >= 4 is 52.2 Å². The number of hydrogen-bond acceptors (Lipinski definition) is 6. The van der Waals surface area contributed by atoms with E-state index in [2.05, 4.69) is 5.32 Å². The molecule has 1 fully saturated rings. The molecule has 0 saturated carbocycles. The number of anilines is 1. The van der Waals surface area contributed by atoms with Crippen molar-refractivity contribution < 1.29 is 14.6 Å². The third-order valence-corrected chi connectivity index (χ3v) is 5.58. The normalized spacial score (nSPS) is 16.7. The van der Waals surface area contributed by atoms with Crippen molar-refractivity contribution in [2.24, 2.45) is 0 Å². The zero-order valence-corrected chi connectivity index (χ0v) is 18.2. The number of nitrogens with one attached hydrogen (secondary N) is 1. The van der Waals surface area contributed by atoms with Crippen LogP contribution < -0.4 is 10.2 Å². The molecule has 4 rings (SSSR count). The van der Waals surface area contributed by atoms with Gasteiger partial charge in [0.15, 0.2) is 0 Å². The second kappa shape index (κ2) is 8.89. The van der Waals surface area contributed by atoms with Crippen molar-refractivity contribution in [3.8, 4) is 0 Å². The maximum absolute atomic E-state index is 13.5. The Kier molecular flexibility index (Phi) is 5.99. The van der Waals surface area contributed by atoms with Gasteiger partial charge in [0, 0.05) is 18.2 Å². The maximum Gasteiger partial charge on any atom is 0.276 e. The smallest absolute Gasteiger partial charge is 0.276 e. The van der Waals surface area contributed by atoms with E-state index in [0.29, 0.717) is 5.56 Å². The maximum atomic E-state index is 13.5. The second-order valence-electron chi connectivity index (χ2n) is 7.02. The van der Waals surface area contributed by atoms with Crippen LogP contribution in [0.15, 0.2) is 72.4 Å². The van der Waals surface area contributed by atoms with Crippen LogP contribution in [0.3, 0.4) is 0 Å². The number of hydrogen-bond donors (Lipinski definition) is 1. The highest BCUT2D eigenvalue weighted by Crippen LogP contribution is 2.43. The highest BCUT2D eigenvalue weighted by atomic mass is 35.5.